The molecule has 24 heavy (non-hydrogen) atoms. The molecule has 3 nitrogen and oxygen atoms in total. The minimum Gasteiger partial charge on any atom is -0.356 e. The van der Waals surface area contributed by atoms with Crippen LogP contribution in [0.2, 0.25) is 0 Å². The Balaban J connectivity index is 0.00000208. The molecular formula is C20H26IN3. The van der Waals surface area contributed by atoms with Crippen molar-refractivity contribution in [2.24, 2.45) is 4.99 Å². The molecule has 0 aliphatic heterocycles. The molecule has 0 fully saturated rings. The van der Waals surface area contributed by atoms with Gasteiger partial charge in [-0.2, -0.15) is 0 Å². The predicted octanol–water partition coefficient (Wildman–Crippen LogP) is 3.74. The van der Waals surface area contributed by atoms with Crippen LogP contribution in [0.4, 0.5) is 0 Å². The van der Waals surface area contributed by atoms with E-state index in [4.69, 9.17) is 0 Å². The molecular weight excluding hydrogens is 409 g/mol. The van der Waals surface area contributed by atoms with Gasteiger partial charge in [0.25, 0.3) is 0 Å². The smallest absolute Gasteiger partial charge is 0.190 e. The van der Waals surface area contributed by atoms with Crippen molar-refractivity contribution in [2.45, 2.75) is 25.2 Å². The van der Waals surface area contributed by atoms with E-state index in [1.54, 1.807) is 0 Å². The number of rotatable bonds is 6. The summed E-state index contributed by atoms with van der Waals surface area (Å²) in [5.74, 6) is 1.52. The zero-order valence-corrected chi connectivity index (χ0v) is 16.5. The quantitative estimate of drug-likeness (QED) is 0.314. The predicted molar refractivity (Wildman–Crippen MR) is 112 cm³/mol. The molecule has 2 aromatic rings. The van der Waals surface area contributed by atoms with Gasteiger partial charge in [0, 0.05) is 26.1 Å². The zero-order valence-electron chi connectivity index (χ0n) is 14.2. The number of hydrogen-bond acceptors (Lipinski definition) is 1. The lowest BCUT2D eigenvalue weighted by Gasteiger charge is -2.30. The topological polar surface area (TPSA) is 36.4 Å². The number of halogens is 1. The SMILES string of the molecule is CN=C(NCCCc1ccccc1)NCC1Cc2ccccc21.I. The van der Waals surface area contributed by atoms with E-state index in [9.17, 15) is 0 Å². The molecule has 0 amide bonds. The molecule has 1 atom stereocenters. The second-order valence-corrected chi connectivity index (χ2v) is 6.07. The number of fused-ring (bicyclic) bond motifs is 1. The van der Waals surface area contributed by atoms with Crippen LogP contribution < -0.4 is 10.6 Å². The number of aliphatic imine (C=N–C) groups is 1. The molecule has 0 bridgehead atoms. The summed E-state index contributed by atoms with van der Waals surface area (Å²) in [6.07, 6.45) is 3.38. The molecule has 3 rings (SSSR count). The summed E-state index contributed by atoms with van der Waals surface area (Å²) in [6.45, 7) is 1.89. The van der Waals surface area contributed by atoms with Crippen LogP contribution in [0.25, 0.3) is 0 Å². The van der Waals surface area contributed by atoms with E-state index in [0.29, 0.717) is 5.92 Å². The number of hydrogen-bond donors (Lipinski definition) is 2. The van der Waals surface area contributed by atoms with Gasteiger partial charge in [0.2, 0.25) is 0 Å². The van der Waals surface area contributed by atoms with Crippen LogP contribution in [-0.4, -0.2) is 26.1 Å². The maximum absolute atomic E-state index is 4.31. The van der Waals surface area contributed by atoms with Gasteiger partial charge in [-0.15, -0.1) is 24.0 Å². The third-order valence-corrected chi connectivity index (χ3v) is 4.48. The van der Waals surface area contributed by atoms with Gasteiger partial charge in [-0.25, -0.2) is 0 Å². The fourth-order valence-corrected chi connectivity index (χ4v) is 3.13. The fraction of sp³-hybridized carbons (Fsp3) is 0.350. The first-order valence-corrected chi connectivity index (χ1v) is 8.43. The molecule has 0 radical (unpaired) electrons. The monoisotopic (exact) mass is 435 g/mol. The Morgan fingerprint density at radius 3 is 2.54 bits per heavy atom. The lowest BCUT2D eigenvalue weighted by molar-refractivity contribution is 0.583. The van der Waals surface area contributed by atoms with Gasteiger partial charge in [0.1, 0.15) is 0 Å². The Kier molecular flexibility index (Phi) is 7.56. The van der Waals surface area contributed by atoms with Gasteiger partial charge in [-0.05, 0) is 36.0 Å². The summed E-state index contributed by atoms with van der Waals surface area (Å²) in [5.41, 5.74) is 4.37. The van der Waals surface area contributed by atoms with Crippen LogP contribution in [0.1, 0.15) is 29.0 Å². The molecule has 0 saturated heterocycles. The lowest BCUT2D eigenvalue weighted by Crippen LogP contribution is -2.41. The van der Waals surface area contributed by atoms with Crippen LogP contribution in [0.5, 0.6) is 0 Å². The van der Waals surface area contributed by atoms with Gasteiger partial charge >= 0.3 is 0 Å². The van der Waals surface area contributed by atoms with E-state index in [2.05, 4.69) is 70.2 Å². The maximum Gasteiger partial charge on any atom is 0.190 e. The maximum atomic E-state index is 4.31. The van der Waals surface area contributed by atoms with E-state index in [1.807, 2.05) is 7.05 Å². The van der Waals surface area contributed by atoms with Crippen molar-refractivity contribution in [1.29, 1.82) is 0 Å². The molecule has 0 saturated carbocycles. The van der Waals surface area contributed by atoms with Crippen LogP contribution >= 0.6 is 24.0 Å². The van der Waals surface area contributed by atoms with Crippen LogP contribution in [-0.2, 0) is 12.8 Å². The van der Waals surface area contributed by atoms with Crippen molar-refractivity contribution < 1.29 is 0 Å². The molecule has 128 valence electrons. The summed E-state index contributed by atoms with van der Waals surface area (Å²) in [6, 6.07) is 19.3. The largest absolute Gasteiger partial charge is 0.356 e. The summed E-state index contributed by atoms with van der Waals surface area (Å²) < 4.78 is 0. The van der Waals surface area contributed by atoms with Crippen molar-refractivity contribution in [2.75, 3.05) is 20.1 Å². The standard InChI is InChI=1S/C20H25N3.HI/c1-21-20(22-13-7-10-16-8-3-2-4-9-16)23-15-18-14-17-11-5-6-12-19(17)18;/h2-6,8-9,11-12,18H,7,10,13-15H2,1H3,(H2,21,22,23);1H. The average Bonchev–Trinajstić information content (AvgIpc) is 2.58. The van der Waals surface area contributed by atoms with Crippen molar-refractivity contribution in [1.82, 2.24) is 10.6 Å². The van der Waals surface area contributed by atoms with Crippen LogP contribution in [0.3, 0.4) is 0 Å². The van der Waals surface area contributed by atoms with Crippen molar-refractivity contribution in [3.05, 3.63) is 71.3 Å². The Morgan fingerprint density at radius 1 is 1.04 bits per heavy atom. The first-order valence-electron chi connectivity index (χ1n) is 8.43. The highest BCUT2D eigenvalue weighted by Crippen LogP contribution is 2.33. The third-order valence-electron chi connectivity index (χ3n) is 4.48. The first kappa shape index (κ1) is 18.8. The van der Waals surface area contributed by atoms with Gasteiger partial charge in [-0.1, -0.05) is 54.6 Å². The third kappa shape index (κ3) is 4.97. The molecule has 2 N–H and O–H groups in total. The van der Waals surface area contributed by atoms with Gasteiger partial charge in [0.05, 0.1) is 0 Å². The molecule has 0 aromatic heterocycles. The highest BCUT2D eigenvalue weighted by molar-refractivity contribution is 14.0. The van der Waals surface area contributed by atoms with Gasteiger partial charge in [-0.3, -0.25) is 4.99 Å². The minimum absolute atomic E-state index is 0. The molecule has 1 aliphatic rings. The summed E-state index contributed by atoms with van der Waals surface area (Å²) in [7, 11) is 1.83. The summed E-state index contributed by atoms with van der Waals surface area (Å²) in [4.78, 5) is 4.31. The van der Waals surface area contributed by atoms with E-state index < -0.39 is 0 Å². The second-order valence-electron chi connectivity index (χ2n) is 6.07. The van der Waals surface area contributed by atoms with E-state index >= 15 is 0 Å². The number of aryl methyl sites for hydroxylation is 1. The van der Waals surface area contributed by atoms with E-state index in [0.717, 1.165) is 31.9 Å². The Labute approximate surface area is 162 Å². The van der Waals surface area contributed by atoms with E-state index in [-0.39, 0.29) is 24.0 Å². The Morgan fingerprint density at radius 2 is 1.79 bits per heavy atom. The minimum atomic E-state index is 0. The van der Waals surface area contributed by atoms with Gasteiger partial charge in [0.15, 0.2) is 5.96 Å². The molecule has 2 aromatic carbocycles. The summed E-state index contributed by atoms with van der Waals surface area (Å²) >= 11 is 0. The Hall–Kier alpha value is -1.56. The Bertz CT molecular complexity index is 655. The van der Waals surface area contributed by atoms with Crippen molar-refractivity contribution in [3.8, 4) is 0 Å². The number of benzene rings is 2. The number of nitrogens with zero attached hydrogens (tertiary/aromatic N) is 1. The fourth-order valence-electron chi connectivity index (χ4n) is 3.13. The van der Waals surface area contributed by atoms with Crippen molar-refractivity contribution in [3.63, 3.8) is 0 Å². The van der Waals surface area contributed by atoms with E-state index in [1.165, 1.54) is 23.1 Å². The average molecular weight is 435 g/mol. The second kappa shape index (κ2) is 9.67. The number of nitrogens with one attached hydrogen (secondary N) is 2. The highest BCUT2D eigenvalue weighted by atomic mass is 127. The summed E-state index contributed by atoms with van der Waals surface area (Å²) in [5, 5.41) is 6.86. The molecule has 4 heteroatoms. The van der Waals surface area contributed by atoms with Crippen molar-refractivity contribution >= 4 is 29.9 Å². The lowest BCUT2D eigenvalue weighted by atomic mass is 9.78. The molecule has 1 aliphatic carbocycles. The number of guanidine groups is 1. The normalized spacial score (nSPS) is 15.7. The van der Waals surface area contributed by atoms with Crippen LogP contribution in [0.15, 0.2) is 59.6 Å². The molecule has 0 spiro atoms. The zero-order chi connectivity index (χ0) is 15.9. The van der Waals surface area contributed by atoms with Crippen LogP contribution in [0, 0.1) is 0 Å². The molecule has 1 unspecified atom stereocenters. The van der Waals surface area contributed by atoms with Gasteiger partial charge < -0.3 is 10.6 Å². The molecule has 0 heterocycles. The highest BCUT2D eigenvalue weighted by Gasteiger charge is 2.25. The first-order chi connectivity index (χ1) is 11.4.